The fraction of sp³-hybridized carbons (Fsp3) is 0.946. The van der Waals surface area contributed by atoms with Crippen molar-refractivity contribution in [3.8, 4) is 0 Å². The molecule has 552 valence electrons. The van der Waals surface area contributed by atoms with Crippen molar-refractivity contribution in [3.63, 3.8) is 0 Å². The first-order valence-corrected chi connectivity index (χ1v) is 41.5. The Kier molecular flexibility index (Phi) is 63.4. The van der Waals surface area contributed by atoms with Crippen molar-refractivity contribution < 1.29 is 80.2 Å². The largest absolute Gasteiger partial charge is 0.472 e. The molecule has 0 aromatic rings. The van der Waals surface area contributed by atoms with E-state index in [4.69, 9.17) is 37.0 Å². The fourth-order valence-corrected chi connectivity index (χ4v) is 12.7. The second-order valence-electron chi connectivity index (χ2n) is 27.4. The molecular formula is C74H144O17P2. The minimum atomic E-state index is -4.96. The van der Waals surface area contributed by atoms with Crippen LogP contribution in [0.3, 0.4) is 0 Å². The maximum absolute atomic E-state index is 13.1. The van der Waals surface area contributed by atoms with Crippen LogP contribution in [0.4, 0.5) is 0 Å². The molecule has 0 rings (SSSR count). The van der Waals surface area contributed by atoms with Crippen LogP contribution in [0.25, 0.3) is 0 Å². The average Bonchev–Trinajstić information content (AvgIpc) is 2.52. The predicted molar refractivity (Wildman–Crippen MR) is 377 cm³/mol. The van der Waals surface area contributed by atoms with E-state index in [0.29, 0.717) is 25.7 Å². The molecule has 0 spiro atoms. The Labute approximate surface area is 568 Å². The summed E-state index contributed by atoms with van der Waals surface area (Å²) in [6.45, 7) is 11.9. The molecule has 0 aliphatic carbocycles. The molecule has 0 saturated carbocycles. The summed E-state index contributed by atoms with van der Waals surface area (Å²) in [5.74, 6) is 0.224. The number of esters is 4. The van der Waals surface area contributed by atoms with Crippen molar-refractivity contribution in [2.75, 3.05) is 39.6 Å². The normalized spacial score (nSPS) is 15.0. The molecule has 0 aliphatic rings. The van der Waals surface area contributed by atoms with Crippen LogP contribution >= 0.6 is 15.6 Å². The first-order chi connectivity index (χ1) is 44.8. The van der Waals surface area contributed by atoms with Crippen LogP contribution in [0.1, 0.15) is 376 Å². The lowest BCUT2D eigenvalue weighted by Gasteiger charge is -2.21. The minimum absolute atomic E-state index is 0.104. The molecule has 0 saturated heterocycles. The van der Waals surface area contributed by atoms with Gasteiger partial charge in [0.05, 0.1) is 26.4 Å². The fourth-order valence-electron chi connectivity index (χ4n) is 11.2. The zero-order valence-electron chi connectivity index (χ0n) is 60.7. The van der Waals surface area contributed by atoms with Gasteiger partial charge in [-0.2, -0.15) is 0 Å². The van der Waals surface area contributed by atoms with E-state index in [1.807, 2.05) is 0 Å². The van der Waals surface area contributed by atoms with Gasteiger partial charge in [-0.25, -0.2) is 9.13 Å². The number of aliphatic hydroxyl groups excluding tert-OH is 1. The van der Waals surface area contributed by atoms with Crippen molar-refractivity contribution in [2.45, 2.75) is 394 Å². The molecule has 0 heterocycles. The van der Waals surface area contributed by atoms with E-state index >= 15 is 0 Å². The molecular weight excluding hydrogens is 1220 g/mol. The Morgan fingerprint density at radius 3 is 0.763 bits per heavy atom. The lowest BCUT2D eigenvalue weighted by atomic mass is 9.99. The van der Waals surface area contributed by atoms with Crippen LogP contribution in [-0.4, -0.2) is 96.7 Å². The van der Waals surface area contributed by atoms with Crippen molar-refractivity contribution in [3.05, 3.63) is 0 Å². The molecule has 0 amide bonds. The standard InChI is InChI=1S/C74H144O17P2/c1-8-12-13-14-15-16-17-20-24-27-33-41-48-55-71(76)84-61-69(90-73(78)57-50-43-34-28-25-22-19-18-21-23-26-31-38-45-52-65(5)9-2)63-88-92(80,81)86-59-68(75)60-87-93(82,83)89-64-70(62-85-72(77)56-49-42-37-36-40-47-54-67(7)11-4)91-74(79)58-51-44-35-30-29-32-39-46-53-66(6)10-3/h65-70,75H,8-64H2,1-7H3,(H,80,81)(H,82,83)/t65?,66?,67?,68-,69-,70-/m1/s1. The Balaban J connectivity index is 5.25. The van der Waals surface area contributed by atoms with Gasteiger partial charge in [0.25, 0.3) is 0 Å². The number of hydrogen-bond donors (Lipinski definition) is 3. The van der Waals surface area contributed by atoms with Crippen LogP contribution < -0.4 is 0 Å². The molecule has 5 unspecified atom stereocenters. The summed E-state index contributed by atoms with van der Waals surface area (Å²) in [4.78, 5) is 72.7. The van der Waals surface area contributed by atoms with Gasteiger partial charge in [0.2, 0.25) is 0 Å². The van der Waals surface area contributed by atoms with Gasteiger partial charge in [-0.15, -0.1) is 0 Å². The number of rotatable bonds is 72. The average molecular weight is 1370 g/mol. The monoisotopic (exact) mass is 1370 g/mol. The molecule has 3 N–H and O–H groups in total. The van der Waals surface area contributed by atoms with Gasteiger partial charge >= 0.3 is 39.5 Å². The van der Waals surface area contributed by atoms with Crippen LogP contribution in [0, 0.1) is 17.8 Å². The summed E-state index contributed by atoms with van der Waals surface area (Å²) in [7, 11) is -9.91. The Hall–Kier alpha value is -1.94. The van der Waals surface area contributed by atoms with E-state index in [9.17, 15) is 43.2 Å². The van der Waals surface area contributed by atoms with Crippen molar-refractivity contribution >= 4 is 39.5 Å². The van der Waals surface area contributed by atoms with Gasteiger partial charge in [0.1, 0.15) is 19.3 Å². The quantitative estimate of drug-likeness (QED) is 0.0222. The molecule has 0 bridgehead atoms. The highest BCUT2D eigenvalue weighted by atomic mass is 31.2. The van der Waals surface area contributed by atoms with E-state index in [0.717, 1.165) is 114 Å². The molecule has 17 nitrogen and oxygen atoms in total. The number of phosphoric ester groups is 2. The van der Waals surface area contributed by atoms with E-state index in [1.165, 1.54) is 180 Å². The van der Waals surface area contributed by atoms with Crippen LogP contribution in [0.2, 0.25) is 0 Å². The molecule has 0 radical (unpaired) electrons. The van der Waals surface area contributed by atoms with E-state index in [1.54, 1.807) is 0 Å². The third-order valence-electron chi connectivity index (χ3n) is 18.2. The number of phosphoric acid groups is 2. The van der Waals surface area contributed by atoms with Gasteiger partial charge in [-0.3, -0.25) is 37.3 Å². The van der Waals surface area contributed by atoms with Gasteiger partial charge in [0, 0.05) is 25.7 Å². The second-order valence-corrected chi connectivity index (χ2v) is 30.3. The number of carbonyl (C=O) groups is 4. The molecule has 19 heteroatoms. The Morgan fingerprint density at radius 1 is 0.301 bits per heavy atom. The predicted octanol–water partition coefficient (Wildman–Crippen LogP) is 21.4. The smallest absolute Gasteiger partial charge is 0.462 e. The Morgan fingerprint density at radius 2 is 0.516 bits per heavy atom. The summed E-state index contributed by atoms with van der Waals surface area (Å²) in [5, 5.41) is 10.6. The van der Waals surface area contributed by atoms with Crippen molar-refractivity contribution in [2.24, 2.45) is 17.8 Å². The molecule has 0 aliphatic heterocycles. The van der Waals surface area contributed by atoms with Gasteiger partial charge in [-0.1, -0.05) is 325 Å². The first-order valence-electron chi connectivity index (χ1n) is 38.5. The molecule has 8 atom stereocenters. The maximum Gasteiger partial charge on any atom is 0.472 e. The lowest BCUT2D eigenvalue weighted by Crippen LogP contribution is -2.30. The summed E-state index contributed by atoms with van der Waals surface area (Å²) >= 11 is 0. The third-order valence-corrected chi connectivity index (χ3v) is 20.1. The molecule has 0 fully saturated rings. The number of carbonyl (C=O) groups excluding carboxylic acids is 4. The lowest BCUT2D eigenvalue weighted by molar-refractivity contribution is -0.161. The van der Waals surface area contributed by atoms with E-state index in [2.05, 4.69) is 48.5 Å². The highest BCUT2D eigenvalue weighted by molar-refractivity contribution is 7.47. The van der Waals surface area contributed by atoms with E-state index in [-0.39, 0.29) is 25.7 Å². The maximum atomic E-state index is 13.1. The zero-order valence-corrected chi connectivity index (χ0v) is 62.5. The van der Waals surface area contributed by atoms with Crippen molar-refractivity contribution in [1.82, 2.24) is 0 Å². The number of aliphatic hydroxyl groups is 1. The van der Waals surface area contributed by atoms with Crippen LogP contribution in [-0.2, 0) is 65.4 Å². The SMILES string of the molecule is CCCCCCCCCCCCCCCC(=O)OC[C@H](COP(=O)(O)OC[C@@H](O)COP(=O)(O)OC[C@@H](COC(=O)CCCCCCCCC(C)CC)OC(=O)CCCCCCCCCCC(C)CC)OC(=O)CCCCCCCCCCCCCCCCC(C)CC. The highest BCUT2D eigenvalue weighted by Gasteiger charge is 2.30. The number of ether oxygens (including phenoxy) is 4. The molecule has 0 aromatic carbocycles. The highest BCUT2D eigenvalue weighted by Crippen LogP contribution is 2.45. The Bertz CT molecular complexity index is 1820. The minimum Gasteiger partial charge on any atom is -0.462 e. The van der Waals surface area contributed by atoms with Crippen molar-refractivity contribution in [1.29, 1.82) is 0 Å². The summed E-state index contributed by atoms with van der Waals surface area (Å²) in [6, 6.07) is 0. The molecule has 93 heavy (non-hydrogen) atoms. The third kappa shape index (κ3) is 64.5. The van der Waals surface area contributed by atoms with Crippen LogP contribution in [0.5, 0.6) is 0 Å². The van der Waals surface area contributed by atoms with Crippen LogP contribution in [0.15, 0.2) is 0 Å². The second kappa shape index (κ2) is 64.7. The van der Waals surface area contributed by atoms with E-state index < -0.39 is 97.5 Å². The topological polar surface area (TPSA) is 237 Å². The molecule has 0 aromatic heterocycles. The van der Waals surface area contributed by atoms with Gasteiger partial charge in [0.15, 0.2) is 12.2 Å². The number of unbranched alkanes of at least 4 members (excludes halogenated alkanes) is 37. The van der Waals surface area contributed by atoms with Gasteiger partial charge in [-0.05, 0) is 43.4 Å². The first kappa shape index (κ1) is 91.1. The van der Waals surface area contributed by atoms with Gasteiger partial charge < -0.3 is 33.8 Å². The summed E-state index contributed by atoms with van der Waals surface area (Å²) in [6.07, 6.45) is 49.8. The number of hydrogen-bond acceptors (Lipinski definition) is 15. The zero-order chi connectivity index (χ0) is 68.7. The summed E-state index contributed by atoms with van der Waals surface area (Å²) < 4.78 is 68.4. The summed E-state index contributed by atoms with van der Waals surface area (Å²) in [5.41, 5.74) is 0.